The maximum absolute atomic E-state index is 13.9. The van der Waals surface area contributed by atoms with Crippen molar-refractivity contribution in [2.75, 3.05) is 11.9 Å². The molecule has 1 aromatic carbocycles. The lowest BCUT2D eigenvalue weighted by molar-refractivity contribution is -0.149. The zero-order valence-electron chi connectivity index (χ0n) is 23.0. The molecule has 14 heteroatoms. The fourth-order valence-electron chi connectivity index (χ4n) is 4.96. The Morgan fingerprint density at radius 3 is 2.62 bits per heavy atom. The summed E-state index contributed by atoms with van der Waals surface area (Å²) in [6, 6.07) is 6.70. The van der Waals surface area contributed by atoms with E-state index in [1.807, 2.05) is 0 Å². The van der Waals surface area contributed by atoms with Crippen LogP contribution in [0.4, 0.5) is 5.82 Å². The molecule has 1 fully saturated rings. The molecule has 2 amide bonds. The number of nitrogens with one attached hydrogen (secondary N) is 1. The number of aromatic nitrogens is 3. The van der Waals surface area contributed by atoms with Crippen LogP contribution in [0.25, 0.3) is 0 Å². The zero-order chi connectivity index (χ0) is 30.3. The average molecular weight is 600 g/mol. The van der Waals surface area contributed by atoms with Crippen LogP contribution in [0.1, 0.15) is 61.8 Å². The van der Waals surface area contributed by atoms with Gasteiger partial charge in [-0.15, -0.1) is 0 Å². The number of imidazole rings is 1. The van der Waals surface area contributed by atoms with E-state index < -0.39 is 51.0 Å². The van der Waals surface area contributed by atoms with E-state index in [0.717, 1.165) is 25.3 Å². The van der Waals surface area contributed by atoms with E-state index in [0.29, 0.717) is 18.6 Å². The molecule has 224 valence electrons. The van der Waals surface area contributed by atoms with Crippen molar-refractivity contribution in [2.45, 2.75) is 68.5 Å². The number of unbranched alkanes of at least 4 members (excludes halogenated alkanes) is 3. The highest BCUT2D eigenvalue weighted by Gasteiger charge is 2.43. The molecule has 1 saturated heterocycles. The van der Waals surface area contributed by atoms with Gasteiger partial charge in [-0.3, -0.25) is 19.1 Å². The van der Waals surface area contributed by atoms with E-state index in [1.165, 1.54) is 46.4 Å². The van der Waals surface area contributed by atoms with E-state index >= 15 is 0 Å². The molecule has 0 saturated carbocycles. The summed E-state index contributed by atoms with van der Waals surface area (Å²) in [5.41, 5.74) is -0.275. The number of anilines is 1. The van der Waals surface area contributed by atoms with E-state index in [9.17, 15) is 32.5 Å². The van der Waals surface area contributed by atoms with Gasteiger partial charge < -0.3 is 24.6 Å². The van der Waals surface area contributed by atoms with Crippen LogP contribution in [0.2, 0.25) is 0 Å². The second-order valence-corrected chi connectivity index (χ2v) is 11.4. The van der Waals surface area contributed by atoms with Crippen LogP contribution in [0.5, 0.6) is 5.75 Å². The molecule has 42 heavy (non-hydrogen) atoms. The van der Waals surface area contributed by atoms with Crippen LogP contribution in [-0.4, -0.2) is 74.0 Å². The van der Waals surface area contributed by atoms with Gasteiger partial charge in [0.05, 0.1) is 24.6 Å². The third kappa shape index (κ3) is 7.50. The summed E-state index contributed by atoms with van der Waals surface area (Å²) >= 11 is 0. The summed E-state index contributed by atoms with van der Waals surface area (Å²) in [5.74, 6) is -1.85. The van der Waals surface area contributed by atoms with Crippen molar-refractivity contribution >= 4 is 33.7 Å². The summed E-state index contributed by atoms with van der Waals surface area (Å²) in [4.78, 5) is 47.8. The van der Waals surface area contributed by atoms with Gasteiger partial charge in [-0.25, -0.2) is 9.78 Å². The summed E-state index contributed by atoms with van der Waals surface area (Å²) < 4.78 is 40.3. The molecule has 1 unspecified atom stereocenters. The van der Waals surface area contributed by atoms with Gasteiger partial charge in [0, 0.05) is 18.8 Å². The first kappa shape index (κ1) is 30.7. The van der Waals surface area contributed by atoms with Crippen LogP contribution in [0.15, 0.2) is 66.2 Å². The fraction of sp³-hybridized carbons (Fsp3) is 0.393. The van der Waals surface area contributed by atoms with Gasteiger partial charge >= 0.3 is 5.97 Å². The minimum absolute atomic E-state index is 0.0468. The molecule has 1 aliphatic rings. The number of rotatable bonds is 13. The third-order valence-electron chi connectivity index (χ3n) is 7.00. The molecule has 3 heterocycles. The normalized spacial score (nSPS) is 17.5. The number of likely N-dealkylation sites (tertiary alicyclic amines) is 1. The summed E-state index contributed by atoms with van der Waals surface area (Å²) in [5, 5.41) is 12.4. The standard InChI is InChI=1S/C28H33N5O8S/c1-2-3-4-5-11-22(27(35)33-16-20(14-23(33)28(36)37)41-19-9-8-13-29-15-19)32-17-25(30-18-32)31-26(34)21-10-6-7-12-24(21)42(38,39)40/h6-10,12-13,15,17-18,20,22-23H,2-5,11,14,16H2,1H3,(H,31,34)(H,36,37)(H,38,39,40)/t20-,22?,23-/m0/s1. The van der Waals surface area contributed by atoms with Crippen LogP contribution in [0, 0.1) is 0 Å². The van der Waals surface area contributed by atoms with E-state index in [4.69, 9.17) is 4.74 Å². The largest absolute Gasteiger partial charge is 0.487 e. The highest BCUT2D eigenvalue weighted by molar-refractivity contribution is 7.86. The Kier molecular flexibility index (Phi) is 9.91. The Morgan fingerprint density at radius 2 is 1.93 bits per heavy atom. The van der Waals surface area contributed by atoms with Crippen molar-refractivity contribution < 1.29 is 37.2 Å². The SMILES string of the molecule is CCCCCCC(C(=O)N1C[C@@H](Oc2cccnc2)C[C@H]1C(=O)O)n1cnc(NC(=O)c2ccccc2S(=O)(=O)O)c1. The van der Waals surface area contributed by atoms with Gasteiger partial charge in [0.1, 0.15) is 28.8 Å². The molecule has 4 rings (SSSR count). The number of carbonyl (C=O) groups excluding carboxylic acids is 2. The van der Waals surface area contributed by atoms with Crippen molar-refractivity contribution in [3.63, 3.8) is 0 Å². The number of carboxylic acids is 1. The number of ether oxygens (including phenoxy) is 1. The summed E-state index contributed by atoms with van der Waals surface area (Å²) in [6.45, 7) is 2.14. The zero-order valence-corrected chi connectivity index (χ0v) is 23.8. The maximum Gasteiger partial charge on any atom is 0.326 e. The Balaban J connectivity index is 1.55. The topological polar surface area (TPSA) is 181 Å². The van der Waals surface area contributed by atoms with Crippen LogP contribution < -0.4 is 10.1 Å². The number of carbonyl (C=O) groups is 3. The van der Waals surface area contributed by atoms with Crippen molar-refractivity contribution in [1.29, 1.82) is 0 Å². The number of hydrogen-bond donors (Lipinski definition) is 3. The maximum atomic E-state index is 13.9. The smallest absolute Gasteiger partial charge is 0.326 e. The molecule has 3 atom stereocenters. The molecule has 0 bridgehead atoms. The van der Waals surface area contributed by atoms with Crippen LogP contribution in [0.3, 0.4) is 0 Å². The number of carboxylic acid groups (broad SMARTS) is 1. The Hall–Kier alpha value is -4.30. The molecule has 3 N–H and O–H groups in total. The van der Waals surface area contributed by atoms with Gasteiger partial charge in [0.2, 0.25) is 5.91 Å². The number of benzene rings is 1. The second-order valence-electron chi connectivity index (χ2n) is 10.0. The molecule has 0 spiro atoms. The lowest BCUT2D eigenvalue weighted by Crippen LogP contribution is -2.44. The molecular weight excluding hydrogens is 566 g/mol. The number of amides is 2. The van der Waals surface area contributed by atoms with Crippen LogP contribution >= 0.6 is 0 Å². The number of aliphatic carboxylic acids is 1. The highest BCUT2D eigenvalue weighted by Crippen LogP contribution is 2.29. The predicted octanol–water partition coefficient (Wildman–Crippen LogP) is 3.42. The van der Waals surface area contributed by atoms with Crippen molar-refractivity contribution in [3.8, 4) is 5.75 Å². The van der Waals surface area contributed by atoms with Crippen molar-refractivity contribution in [2.24, 2.45) is 0 Å². The first-order valence-electron chi connectivity index (χ1n) is 13.6. The van der Waals surface area contributed by atoms with Gasteiger partial charge in [-0.05, 0) is 30.7 Å². The minimum atomic E-state index is -4.65. The average Bonchev–Trinajstić information content (AvgIpc) is 3.60. The molecule has 13 nitrogen and oxygen atoms in total. The lowest BCUT2D eigenvalue weighted by atomic mass is 10.1. The number of pyridine rings is 1. The van der Waals surface area contributed by atoms with Crippen molar-refractivity contribution in [3.05, 3.63) is 66.9 Å². The number of nitrogens with zero attached hydrogens (tertiary/aromatic N) is 4. The van der Waals surface area contributed by atoms with Crippen LogP contribution in [-0.2, 0) is 19.7 Å². The molecule has 0 aliphatic carbocycles. The highest BCUT2D eigenvalue weighted by atomic mass is 32.2. The quantitative estimate of drug-likeness (QED) is 0.194. The van der Waals surface area contributed by atoms with Crippen molar-refractivity contribution in [1.82, 2.24) is 19.4 Å². The Morgan fingerprint density at radius 1 is 1.14 bits per heavy atom. The first-order valence-corrected chi connectivity index (χ1v) is 15.0. The molecule has 3 aromatic rings. The summed E-state index contributed by atoms with van der Waals surface area (Å²) in [7, 11) is -4.65. The lowest BCUT2D eigenvalue weighted by Gasteiger charge is -2.27. The monoisotopic (exact) mass is 599 g/mol. The van der Waals surface area contributed by atoms with Gasteiger partial charge in [-0.2, -0.15) is 8.42 Å². The molecule has 2 aromatic heterocycles. The predicted molar refractivity (Wildman–Crippen MR) is 151 cm³/mol. The van der Waals surface area contributed by atoms with Gasteiger partial charge in [0.15, 0.2) is 5.82 Å². The van der Waals surface area contributed by atoms with E-state index in [-0.39, 0.29) is 24.3 Å². The molecule has 0 radical (unpaired) electrons. The second kappa shape index (κ2) is 13.6. The third-order valence-corrected chi connectivity index (χ3v) is 7.91. The number of hydrogen-bond acceptors (Lipinski definition) is 8. The Labute approximate surface area is 243 Å². The van der Waals surface area contributed by atoms with E-state index in [2.05, 4.69) is 22.2 Å². The van der Waals surface area contributed by atoms with Gasteiger partial charge in [-0.1, -0.05) is 44.7 Å². The van der Waals surface area contributed by atoms with E-state index in [1.54, 1.807) is 18.3 Å². The summed E-state index contributed by atoms with van der Waals surface area (Å²) in [6.07, 6.45) is 9.43. The minimum Gasteiger partial charge on any atom is -0.487 e. The fourth-order valence-corrected chi connectivity index (χ4v) is 5.65. The Bertz CT molecular complexity index is 1510. The molecular formula is C28H33N5O8S. The molecule has 1 aliphatic heterocycles. The van der Waals surface area contributed by atoms with Gasteiger partial charge in [0.25, 0.3) is 16.0 Å². The first-order chi connectivity index (χ1) is 20.1.